The Labute approximate surface area is 185 Å². The second-order valence-electron chi connectivity index (χ2n) is 8.84. The van der Waals surface area contributed by atoms with Gasteiger partial charge in [-0.3, -0.25) is 4.99 Å². The summed E-state index contributed by atoms with van der Waals surface area (Å²) >= 11 is 0. The van der Waals surface area contributed by atoms with Crippen molar-refractivity contribution in [1.82, 2.24) is 5.32 Å². The summed E-state index contributed by atoms with van der Waals surface area (Å²) in [6, 6.07) is 0. The molecule has 1 aliphatic heterocycles. The molecule has 3 heteroatoms. The summed E-state index contributed by atoms with van der Waals surface area (Å²) < 4.78 is 0. The van der Waals surface area contributed by atoms with E-state index in [-0.39, 0.29) is 5.41 Å². The lowest BCUT2D eigenvalue weighted by Crippen LogP contribution is -2.34. The van der Waals surface area contributed by atoms with Crippen LogP contribution in [0, 0.1) is 11.3 Å². The number of hydrogen-bond donors (Lipinski definition) is 1. The van der Waals surface area contributed by atoms with E-state index in [1.807, 2.05) is 14.0 Å². The van der Waals surface area contributed by atoms with Crippen LogP contribution >= 0.6 is 0 Å². The van der Waals surface area contributed by atoms with Gasteiger partial charge in [-0.15, -0.1) is 0 Å². The Balaban J connectivity index is 3.22. The normalized spacial score (nSPS) is 21.2. The summed E-state index contributed by atoms with van der Waals surface area (Å²) in [6.07, 6.45) is 20.0. The molecule has 3 nitrogen and oxygen atoms in total. The van der Waals surface area contributed by atoms with Crippen LogP contribution in [-0.2, 0) is 0 Å². The van der Waals surface area contributed by atoms with Crippen molar-refractivity contribution < 1.29 is 0 Å². The molecule has 0 unspecified atom stereocenters. The third-order valence-corrected chi connectivity index (χ3v) is 5.57. The van der Waals surface area contributed by atoms with Crippen molar-refractivity contribution in [2.45, 2.75) is 80.1 Å². The Kier molecular flexibility index (Phi) is 11.4. The molecule has 0 aromatic carbocycles. The van der Waals surface area contributed by atoms with Crippen LogP contribution in [0.15, 0.2) is 70.1 Å². The first-order chi connectivity index (χ1) is 14.3. The number of allylic oxidation sites excluding steroid dienone is 8. The highest BCUT2D eigenvalue weighted by molar-refractivity contribution is 6.16. The lowest BCUT2D eigenvalue weighted by molar-refractivity contribution is 0.540. The maximum Gasteiger partial charge on any atom is 0.103 e. The fourth-order valence-electron chi connectivity index (χ4n) is 3.74. The van der Waals surface area contributed by atoms with Crippen LogP contribution in [0.2, 0.25) is 0 Å². The highest BCUT2D eigenvalue weighted by atomic mass is 14.9. The van der Waals surface area contributed by atoms with Gasteiger partial charge in [0.2, 0.25) is 0 Å². The number of nitrogens with one attached hydrogen (secondary N) is 1. The van der Waals surface area contributed by atoms with Gasteiger partial charge in [-0.1, -0.05) is 90.3 Å². The summed E-state index contributed by atoms with van der Waals surface area (Å²) in [4.78, 5) is 9.61. The summed E-state index contributed by atoms with van der Waals surface area (Å²) in [5.41, 5.74) is 5.10. The van der Waals surface area contributed by atoms with Crippen molar-refractivity contribution in [2.24, 2.45) is 21.3 Å². The van der Waals surface area contributed by atoms with Crippen LogP contribution in [0.1, 0.15) is 80.1 Å². The SMILES string of the molecule is C=C/N=C1/CC(C)(C)C(C(/C=C\C)=C/C=C/[C@@H](C)CCCCCC)=N/C1=C(/C)NC. The number of rotatable bonds is 11. The quantitative estimate of drug-likeness (QED) is 0.277. The van der Waals surface area contributed by atoms with Gasteiger partial charge in [0.15, 0.2) is 0 Å². The minimum Gasteiger partial charge on any atom is -0.390 e. The molecule has 1 rings (SSSR count). The van der Waals surface area contributed by atoms with Gasteiger partial charge < -0.3 is 5.32 Å². The molecule has 1 N–H and O–H groups in total. The number of nitrogens with zero attached hydrogens (tertiary/aromatic N) is 2. The Bertz CT molecular complexity index is 742. The van der Waals surface area contributed by atoms with E-state index in [2.05, 4.69) is 81.9 Å². The lowest BCUT2D eigenvalue weighted by atomic mass is 9.75. The predicted molar refractivity (Wildman–Crippen MR) is 135 cm³/mol. The molecule has 1 aliphatic rings. The average molecular weight is 410 g/mol. The van der Waals surface area contributed by atoms with Crippen LogP contribution in [0.5, 0.6) is 0 Å². The third kappa shape index (κ3) is 7.93. The molecule has 1 atom stereocenters. The molecule has 0 spiro atoms. The summed E-state index contributed by atoms with van der Waals surface area (Å²) in [6.45, 7) is 16.9. The van der Waals surface area contributed by atoms with Crippen LogP contribution in [-0.4, -0.2) is 18.5 Å². The maximum absolute atomic E-state index is 5.09. The Morgan fingerprint density at radius 1 is 1.30 bits per heavy atom. The van der Waals surface area contributed by atoms with E-state index in [4.69, 9.17) is 4.99 Å². The summed E-state index contributed by atoms with van der Waals surface area (Å²) in [5, 5.41) is 3.23. The van der Waals surface area contributed by atoms with Crippen molar-refractivity contribution in [2.75, 3.05) is 7.05 Å². The molecular formula is C27H43N3. The molecule has 0 fully saturated rings. The number of unbranched alkanes of at least 4 members (excludes halogenated alkanes) is 3. The number of hydrogen-bond acceptors (Lipinski definition) is 3. The molecule has 1 heterocycles. The van der Waals surface area contributed by atoms with E-state index >= 15 is 0 Å². The van der Waals surface area contributed by atoms with E-state index in [1.54, 1.807) is 6.20 Å². The summed E-state index contributed by atoms with van der Waals surface area (Å²) in [7, 11) is 1.93. The van der Waals surface area contributed by atoms with Crippen molar-refractivity contribution in [1.29, 1.82) is 0 Å². The van der Waals surface area contributed by atoms with Gasteiger partial charge >= 0.3 is 0 Å². The molecule has 0 aliphatic carbocycles. The monoisotopic (exact) mass is 409 g/mol. The van der Waals surface area contributed by atoms with Gasteiger partial charge in [0, 0.05) is 30.8 Å². The van der Waals surface area contributed by atoms with Crippen LogP contribution in [0.4, 0.5) is 0 Å². The van der Waals surface area contributed by atoms with Crippen LogP contribution in [0.25, 0.3) is 0 Å². The third-order valence-electron chi connectivity index (χ3n) is 5.57. The molecule has 0 bridgehead atoms. The van der Waals surface area contributed by atoms with Crippen LogP contribution < -0.4 is 5.32 Å². The van der Waals surface area contributed by atoms with Gasteiger partial charge in [-0.25, -0.2) is 4.99 Å². The van der Waals surface area contributed by atoms with E-state index in [0.29, 0.717) is 5.92 Å². The van der Waals surface area contributed by atoms with Gasteiger partial charge in [0.1, 0.15) is 5.70 Å². The Hall–Kier alpha value is -2.16. The van der Waals surface area contributed by atoms with Crippen LogP contribution in [0.3, 0.4) is 0 Å². The zero-order chi connectivity index (χ0) is 22.6. The molecule has 0 radical (unpaired) electrons. The minimum atomic E-state index is -0.107. The van der Waals surface area contributed by atoms with Crippen molar-refractivity contribution in [3.05, 3.63) is 60.1 Å². The fraction of sp³-hybridized carbons (Fsp3) is 0.556. The van der Waals surface area contributed by atoms with Crippen molar-refractivity contribution in [3.63, 3.8) is 0 Å². The molecule has 30 heavy (non-hydrogen) atoms. The molecule has 166 valence electrons. The standard InChI is InChI=1S/C27H43N3/c1-9-12-13-14-17-21(4)18-15-19-23(16-10-2)26-27(6,7)20-24(29-11-3)25(30-26)22(5)28-8/h10-11,15-16,18-19,21,28H,3,9,12-14,17,20H2,1-2,4-8H3/b16-10-,18-15+,23-19+,25-22-,29-24-/t21-/m0/s1. The number of aliphatic imine (C=N–C) groups is 2. The van der Waals surface area contributed by atoms with Crippen molar-refractivity contribution in [3.8, 4) is 0 Å². The van der Waals surface area contributed by atoms with E-state index < -0.39 is 0 Å². The first kappa shape index (κ1) is 25.9. The molecule has 0 saturated carbocycles. The topological polar surface area (TPSA) is 36.8 Å². The minimum absolute atomic E-state index is 0.107. The van der Waals surface area contributed by atoms with Gasteiger partial charge in [-0.2, -0.15) is 0 Å². The van der Waals surface area contributed by atoms with Gasteiger partial charge in [0.05, 0.1) is 11.4 Å². The van der Waals surface area contributed by atoms with E-state index in [9.17, 15) is 0 Å². The zero-order valence-electron chi connectivity index (χ0n) is 20.4. The molecule has 0 aromatic rings. The van der Waals surface area contributed by atoms with Gasteiger partial charge in [-0.05, 0) is 31.8 Å². The molecule has 0 aromatic heterocycles. The largest absolute Gasteiger partial charge is 0.390 e. The molecule has 0 saturated heterocycles. The highest BCUT2D eigenvalue weighted by Crippen LogP contribution is 2.35. The maximum atomic E-state index is 5.09. The highest BCUT2D eigenvalue weighted by Gasteiger charge is 2.34. The smallest absolute Gasteiger partial charge is 0.103 e. The first-order valence-electron chi connectivity index (χ1n) is 11.5. The second-order valence-corrected chi connectivity index (χ2v) is 8.84. The zero-order valence-corrected chi connectivity index (χ0v) is 20.4. The van der Waals surface area contributed by atoms with Crippen molar-refractivity contribution >= 4 is 11.4 Å². The van der Waals surface area contributed by atoms with E-state index in [0.717, 1.165) is 34.8 Å². The lowest BCUT2D eigenvalue weighted by Gasteiger charge is -2.33. The predicted octanol–water partition coefficient (Wildman–Crippen LogP) is 7.56. The second kappa shape index (κ2) is 13.2. The van der Waals surface area contributed by atoms with Gasteiger partial charge in [0.25, 0.3) is 0 Å². The Morgan fingerprint density at radius 3 is 2.63 bits per heavy atom. The average Bonchev–Trinajstić information content (AvgIpc) is 2.70. The Morgan fingerprint density at radius 2 is 2.03 bits per heavy atom. The summed E-state index contributed by atoms with van der Waals surface area (Å²) in [5.74, 6) is 0.597. The molecular weight excluding hydrogens is 366 g/mol. The molecule has 0 amide bonds. The first-order valence-corrected chi connectivity index (χ1v) is 11.5. The fourth-order valence-corrected chi connectivity index (χ4v) is 3.74. The van der Waals surface area contributed by atoms with E-state index in [1.165, 1.54) is 32.1 Å².